The number of nitrogens with zero attached hydrogens (tertiary/aromatic N) is 4. The lowest BCUT2D eigenvalue weighted by Gasteiger charge is -2.41. The molecular formula is C37H47FN4O5. The largest absolute Gasteiger partial charge is 0.493 e. The average Bonchev–Trinajstić information content (AvgIpc) is 3.41. The quantitative estimate of drug-likeness (QED) is 0.236. The molecule has 10 heteroatoms. The highest BCUT2D eigenvalue weighted by Crippen LogP contribution is 2.38. The molecule has 2 aromatic carbocycles. The number of aryl methyl sites for hydroxylation is 2. The second-order valence-electron chi connectivity index (χ2n) is 13.9. The maximum atomic E-state index is 15.6. The van der Waals surface area contributed by atoms with Gasteiger partial charge in [0.25, 0.3) is 0 Å². The van der Waals surface area contributed by atoms with E-state index in [0.29, 0.717) is 58.3 Å². The topological polar surface area (TPSA) is 109 Å². The van der Waals surface area contributed by atoms with Crippen LogP contribution >= 0.6 is 0 Å². The van der Waals surface area contributed by atoms with E-state index in [0.717, 1.165) is 56.6 Å². The lowest BCUT2D eigenvalue weighted by molar-refractivity contribution is -0.136. The normalized spacial score (nSPS) is 16.6. The molecule has 0 spiro atoms. The van der Waals surface area contributed by atoms with Gasteiger partial charge in [-0.25, -0.2) is 9.37 Å². The van der Waals surface area contributed by atoms with Crippen molar-refractivity contribution in [1.82, 2.24) is 14.6 Å². The highest BCUT2D eigenvalue weighted by molar-refractivity contribution is 5.78. The summed E-state index contributed by atoms with van der Waals surface area (Å²) in [5, 5.41) is 23.2. The Morgan fingerprint density at radius 3 is 2.40 bits per heavy atom. The molecule has 252 valence electrons. The number of anilines is 1. The van der Waals surface area contributed by atoms with Gasteiger partial charge < -0.3 is 24.6 Å². The first-order valence-corrected chi connectivity index (χ1v) is 16.5. The number of hydrogen-bond donors (Lipinski definition) is 2. The predicted molar refractivity (Wildman–Crippen MR) is 182 cm³/mol. The number of rotatable bonds is 2. The van der Waals surface area contributed by atoms with Crippen molar-refractivity contribution < 1.29 is 28.9 Å². The molecule has 0 atom stereocenters. The molecule has 7 rings (SSSR count). The zero-order chi connectivity index (χ0) is 33.9. The van der Waals surface area contributed by atoms with Gasteiger partial charge in [0.05, 0.1) is 35.5 Å². The van der Waals surface area contributed by atoms with Crippen molar-refractivity contribution in [3.8, 4) is 28.1 Å². The van der Waals surface area contributed by atoms with Gasteiger partial charge >= 0.3 is 5.97 Å². The zero-order valence-corrected chi connectivity index (χ0v) is 28.4. The number of piperidine rings is 1. The molecule has 0 radical (unpaired) electrons. The molecule has 0 unspecified atom stereocenters. The van der Waals surface area contributed by atoms with Crippen molar-refractivity contribution in [2.24, 2.45) is 0 Å². The number of carbonyl (C=O) groups is 1. The molecule has 5 heterocycles. The van der Waals surface area contributed by atoms with Crippen LogP contribution in [0.25, 0.3) is 28.0 Å². The van der Waals surface area contributed by atoms with Crippen LogP contribution in [0.2, 0.25) is 0 Å². The van der Waals surface area contributed by atoms with Crippen molar-refractivity contribution in [2.75, 3.05) is 31.2 Å². The van der Waals surface area contributed by atoms with Gasteiger partial charge in [-0.15, -0.1) is 0 Å². The molecule has 1 fully saturated rings. The fourth-order valence-corrected chi connectivity index (χ4v) is 6.06. The van der Waals surface area contributed by atoms with E-state index in [-0.39, 0.29) is 17.8 Å². The van der Waals surface area contributed by atoms with E-state index in [1.807, 2.05) is 43.3 Å². The lowest BCUT2D eigenvalue weighted by Crippen LogP contribution is -2.45. The Bertz CT molecular complexity index is 1730. The highest BCUT2D eigenvalue weighted by atomic mass is 19.1. The number of hydrogen-bond acceptors (Lipinski definition) is 7. The number of halogens is 1. The minimum Gasteiger partial charge on any atom is -0.493 e. The van der Waals surface area contributed by atoms with Gasteiger partial charge in [0.15, 0.2) is 5.65 Å². The first-order chi connectivity index (χ1) is 22.2. The van der Waals surface area contributed by atoms with Crippen LogP contribution in [0.3, 0.4) is 0 Å². The first-order valence-electron chi connectivity index (χ1n) is 16.5. The van der Waals surface area contributed by atoms with Crippen molar-refractivity contribution in [3.05, 3.63) is 65.1 Å². The van der Waals surface area contributed by atoms with E-state index in [2.05, 4.69) is 11.8 Å². The van der Waals surface area contributed by atoms with Gasteiger partial charge in [-0.3, -0.25) is 4.79 Å². The minimum atomic E-state index is -0.912. The maximum absolute atomic E-state index is 15.6. The first kappa shape index (κ1) is 34.3. The number of ether oxygens (including phenoxy) is 2. The Hall–Kier alpha value is -4.02. The summed E-state index contributed by atoms with van der Waals surface area (Å²) in [6.07, 6.45) is 4.22. The Balaban J connectivity index is 0.000000807. The highest BCUT2D eigenvalue weighted by Gasteiger charge is 2.33. The van der Waals surface area contributed by atoms with Gasteiger partial charge in [0, 0.05) is 42.6 Å². The van der Waals surface area contributed by atoms with E-state index in [1.165, 1.54) is 0 Å². The summed E-state index contributed by atoms with van der Waals surface area (Å²) in [5.74, 6) is 0.0705. The smallest absolute Gasteiger partial charge is 0.308 e. The summed E-state index contributed by atoms with van der Waals surface area (Å²) in [5.41, 5.74) is 4.40. The molecule has 3 aliphatic rings. The summed E-state index contributed by atoms with van der Waals surface area (Å²) >= 11 is 0. The van der Waals surface area contributed by atoms with Gasteiger partial charge in [0.2, 0.25) is 0 Å². The fourth-order valence-electron chi connectivity index (χ4n) is 6.06. The molecule has 47 heavy (non-hydrogen) atoms. The molecule has 0 saturated carbocycles. The standard InChI is InChI=1S/C33H37FN4O4.C4H10O/c1-21-10-11-27-30(31(21)34)24-9-7-8-23(18-24)26-20-28-35-22(2)25(19-29(39)40)32(38(28)36-26)37-14-12-33(3,13-15-37)42-17-6-4-5-16-41-27;1-4(2,3)5/h7-11,18,20H,4-6,12-17,19H2,1-3H3,(H,39,40);5H,1-3H3. The minimum absolute atomic E-state index is 0.144. The molecule has 1 saturated heterocycles. The SMILES string of the molecule is CC(C)(C)O.Cc1ccc2c(c1F)-c1cccc(c1)-c1cc3nc(C)c(CC(=O)O)c(n3n1)N1CCC(C)(CC1)OCCCCCO2. The van der Waals surface area contributed by atoms with Gasteiger partial charge in [-0.2, -0.15) is 9.61 Å². The Morgan fingerprint density at radius 1 is 1.02 bits per heavy atom. The van der Waals surface area contributed by atoms with Crippen LogP contribution in [0.5, 0.6) is 5.75 Å². The molecule has 2 aromatic heterocycles. The molecule has 9 nitrogen and oxygen atoms in total. The monoisotopic (exact) mass is 646 g/mol. The summed E-state index contributed by atoms with van der Waals surface area (Å²) in [6, 6.07) is 13.2. The summed E-state index contributed by atoms with van der Waals surface area (Å²) in [7, 11) is 0. The second kappa shape index (κ2) is 14.0. The maximum Gasteiger partial charge on any atom is 0.308 e. The van der Waals surface area contributed by atoms with Crippen LogP contribution in [0, 0.1) is 19.7 Å². The van der Waals surface area contributed by atoms with Crippen LogP contribution in [-0.4, -0.2) is 68.3 Å². The van der Waals surface area contributed by atoms with Crippen molar-refractivity contribution in [1.29, 1.82) is 0 Å². The summed E-state index contributed by atoms with van der Waals surface area (Å²) in [4.78, 5) is 18.9. The van der Waals surface area contributed by atoms with Crippen molar-refractivity contribution in [2.45, 2.75) is 91.3 Å². The third-order valence-electron chi connectivity index (χ3n) is 8.57. The molecule has 3 aliphatic heterocycles. The van der Waals surface area contributed by atoms with E-state index in [1.54, 1.807) is 38.3 Å². The van der Waals surface area contributed by atoms with Crippen LogP contribution in [0.15, 0.2) is 42.5 Å². The molecular weight excluding hydrogens is 599 g/mol. The number of fused-ring (bicyclic) bond motifs is 8. The second-order valence-corrected chi connectivity index (χ2v) is 13.9. The molecule has 4 aromatic rings. The lowest BCUT2D eigenvalue weighted by atomic mass is 9.92. The number of aliphatic hydroxyl groups is 1. The Labute approximate surface area is 276 Å². The third-order valence-corrected chi connectivity index (χ3v) is 8.57. The summed E-state index contributed by atoms with van der Waals surface area (Å²) < 4.78 is 29.9. The van der Waals surface area contributed by atoms with E-state index >= 15 is 4.39 Å². The summed E-state index contributed by atoms with van der Waals surface area (Å²) in [6.45, 7) is 13.6. The molecule has 0 aliphatic carbocycles. The van der Waals surface area contributed by atoms with Gasteiger partial charge in [0.1, 0.15) is 17.4 Å². The fraction of sp³-hybridized carbons (Fsp3) is 0.486. The van der Waals surface area contributed by atoms with E-state index in [4.69, 9.17) is 24.7 Å². The predicted octanol–water partition coefficient (Wildman–Crippen LogP) is 7.16. The third kappa shape index (κ3) is 8.29. The van der Waals surface area contributed by atoms with E-state index in [9.17, 15) is 9.90 Å². The average molecular weight is 647 g/mol. The van der Waals surface area contributed by atoms with E-state index < -0.39 is 11.6 Å². The van der Waals surface area contributed by atoms with Crippen LogP contribution < -0.4 is 9.64 Å². The number of carboxylic acid groups (broad SMARTS) is 1. The molecule has 6 bridgehead atoms. The zero-order valence-electron chi connectivity index (χ0n) is 28.4. The number of carboxylic acids is 1. The van der Waals surface area contributed by atoms with Crippen molar-refractivity contribution >= 4 is 17.4 Å². The Kier molecular flexibility index (Phi) is 10.2. The number of benzene rings is 2. The number of aromatic nitrogens is 3. The molecule has 2 N–H and O–H groups in total. The molecule has 0 amide bonds. The number of aliphatic carboxylic acids is 1. The van der Waals surface area contributed by atoms with Crippen LogP contribution in [-0.2, 0) is 16.0 Å². The van der Waals surface area contributed by atoms with Crippen LogP contribution in [0.4, 0.5) is 10.2 Å². The Morgan fingerprint density at radius 2 is 1.70 bits per heavy atom. The van der Waals surface area contributed by atoms with Crippen LogP contribution in [0.1, 0.15) is 76.6 Å². The van der Waals surface area contributed by atoms with Gasteiger partial charge in [-0.1, -0.05) is 24.3 Å². The van der Waals surface area contributed by atoms with Crippen molar-refractivity contribution in [3.63, 3.8) is 0 Å². The van der Waals surface area contributed by atoms with Gasteiger partial charge in [-0.05, 0) is 96.9 Å².